The van der Waals surface area contributed by atoms with Crippen LogP contribution in [0, 0.1) is 18.3 Å². The van der Waals surface area contributed by atoms with E-state index in [4.69, 9.17) is 5.26 Å². The van der Waals surface area contributed by atoms with Crippen molar-refractivity contribution in [1.82, 2.24) is 5.32 Å². The normalized spacial score (nSPS) is 10.8. The van der Waals surface area contributed by atoms with Gasteiger partial charge in [-0.3, -0.25) is 4.79 Å². The van der Waals surface area contributed by atoms with E-state index >= 15 is 0 Å². The van der Waals surface area contributed by atoms with Crippen molar-refractivity contribution in [1.29, 1.82) is 5.26 Å². The zero-order chi connectivity index (χ0) is 17.9. The molecule has 0 bridgehead atoms. The lowest BCUT2D eigenvalue weighted by molar-refractivity contribution is -0.112. The Balaban J connectivity index is 1.73. The molecule has 2 aromatic rings. The number of anilines is 1. The fourth-order valence-corrected chi connectivity index (χ4v) is 2.36. The highest BCUT2D eigenvalue weighted by atomic mass is 16.1. The summed E-state index contributed by atoms with van der Waals surface area (Å²) in [4.78, 5) is 12.1. The molecule has 0 atom stereocenters. The van der Waals surface area contributed by atoms with Gasteiger partial charge in [-0.05, 0) is 43.9 Å². The van der Waals surface area contributed by atoms with E-state index < -0.39 is 5.91 Å². The lowest BCUT2D eigenvalue weighted by Gasteiger charge is -2.06. The van der Waals surface area contributed by atoms with Crippen molar-refractivity contribution in [3.8, 4) is 6.07 Å². The van der Waals surface area contributed by atoms with Crippen LogP contribution >= 0.6 is 0 Å². The van der Waals surface area contributed by atoms with E-state index in [0.29, 0.717) is 5.69 Å². The van der Waals surface area contributed by atoms with E-state index in [0.717, 1.165) is 31.4 Å². The minimum Gasteiger partial charge on any atom is -0.390 e. The van der Waals surface area contributed by atoms with Crippen LogP contribution in [0.2, 0.25) is 0 Å². The first-order chi connectivity index (χ1) is 12.2. The molecule has 128 valence electrons. The van der Waals surface area contributed by atoms with Crippen molar-refractivity contribution in [2.75, 3.05) is 11.9 Å². The van der Waals surface area contributed by atoms with Crippen molar-refractivity contribution in [2.45, 2.75) is 26.2 Å². The zero-order valence-electron chi connectivity index (χ0n) is 14.5. The van der Waals surface area contributed by atoms with Gasteiger partial charge in [-0.25, -0.2) is 0 Å². The van der Waals surface area contributed by atoms with Gasteiger partial charge in [-0.1, -0.05) is 48.0 Å². The molecular formula is C21H23N3O. The third-order valence-corrected chi connectivity index (χ3v) is 3.80. The summed E-state index contributed by atoms with van der Waals surface area (Å²) >= 11 is 0. The molecule has 0 heterocycles. The third-order valence-electron chi connectivity index (χ3n) is 3.80. The maximum atomic E-state index is 12.1. The summed E-state index contributed by atoms with van der Waals surface area (Å²) in [5, 5.41) is 14.9. The standard InChI is InChI=1S/C21H23N3O/c1-17-10-12-20(13-11-17)24-21(25)19(15-22)16-23-14-6-5-9-18-7-3-2-4-8-18/h2-4,7-8,10-13,16,23H,5-6,9,14H2,1H3,(H,24,25)/b19-16-. The number of nitrogens with zero attached hydrogens (tertiary/aromatic N) is 1. The lowest BCUT2D eigenvalue weighted by atomic mass is 10.1. The van der Waals surface area contributed by atoms with Gasteiger partial charge in [-0.2, -0.15) is 5.26 Å². The Morgan fingerprint density at radius 2 is 1.80 bits per heavy atom. The smallest absolute Gasteiger partial charge is 0.267 e. The number of amides is 1. The molecule has 0 aliphatic heterocycles. The summed E-state index contributed by atoms with van der Waals surface area (Å²) in [6.07, 6.45) is 4.56. The highest BCUT2D eigenvalue weighted by Crippen LogP contribution is 2.10. The quantitative estimate of drug-likeness (QED) is 0.437. The van der Waals surface area contributed by atoms with Gasteiger partial charge < -0.3 is 10.6 Å². The Labute approximate surface area is 149 Å². The summed E-state index contributed by atoms with van der Waals surface area (Å²) in [5.74, 6) is -0.400. The van der Waals surface area contributed by atoms with Gasteiger partial charge >= 0.3 is 0 Å². The Kier molecular flexibility index (Phi) is 7.27. The van der Waals surface area contributed by atoms with E-state index in [-0.39, 0.29) is 5.57 Å². The van der Waals surface area contributed by atoms with Crippen LogP contribution in [0.25, 0.3) is 0 Å². The second-order valence-corrected chi connectivity index (χ2v) is 5.89. The number of unbranched alkanes of at least 4 members (excludes halogenated alkanes) is 1. The number of nitriles is 1. The number of carbonyl (C=O) groups is 1. The Morgan fingerprint density at radius 1 is 1.08 bits per heavy atom. The van der Waals surface area contributed by atoms with Gasteiger partial charge in [-0.15, -0.1) is 0 Å². The number of rotatable bonds is 8. The molecule has 25 heavy (non-hydrogen) atoms. The molecule has 0 aliphatic carbocycles. The van der Waals surface area contributed by atoms with Crippen LogP contribution in [0.15, 0.2) is 66.4 Å². The number of nitrogens with one attached hydrogen (secondary N) is 2. The molecule has 1 amide bonds. The molecule has 0 saturated carbocycles. The molecule has 2 rings (SSSR count). The zero-order valence-corrected chi connectivity index (χ0v) is 14.5. The van der Waals surface area contributed by atoms with Crippen molar-refractivity contribution in [2.24, 2.45) is 0 Å². The average molecular weight is 333 g/mol. The fraction of sp³-hybridized carbons (Fsp3) is 0.238. The summed E-state index contributed by atoms with van der Waals surface area (Å²) in [6, 6.07) is 19.7. The summed E-state index contributed by atoms with van der Waals surface area (Å²) in [5.41, 5.74) is 3.20. The number of carbonyl (C=O) groups excluding carboxylic acids is 1. The summed E-state index contributed by atoms with van der Waals surface area (Å²) in [6.45, 7) is 2.71. The fourth-order valence-electron chi connectivity index (χ4n) is 2.36. The second-order valence-electron chi connectivity index (χ2n) is 5.89. The second kappa shape index (κ2) is 9.94. The van der Waals surface area contributed by atoms with Crippen LogP contribution < -0.4 is 10.6 Å². The average Bonchev–Trinajstić information content (AvgIpc) is 2.64. The van der Waals surface area contributed by atoms with Gasteiger partial charge in [0, 0.05) is 18.4 Å². The Bertz CT molecular complexity index is 743. The first-order valence-electron chi connectivity index (χ1n) is 8.44. The van der Waals surface area contributed by atoms with E-state index in [9.17, 15) is 4.79 Å². The monoisotopic (exact) mass is 333 g/mol. The van der Waals surface area contributed by atoms with Gasteiger partial charge in [0.05, 0.1) is 0 Å². The minimum absolute atomic E-state index is 0.0728. The van der Waals surface area contributed by atoms with Crippen LogP contribution in [-0.2, 0) is 11.2 Å². The molecule has 0 aliphatic rings. The van der Waals surface area contributed by atoms with Crippen molar-refractivity contribution in [3.63, 3.8) is 0 Å². The van der Waals surface area contributed by atoms with E-state index in [2.05, 4.69) is 22.8 Å². The van der Waals surface area contributed by atoms with Gasteiger partial charge in [0.15, 0.2) is 0 Å². The van der Waals surface area contributed by atoms with Crippen LogP contribution in [0.5, 0.6) is 0 Å². The summed E-state index contributed by atoms with van der Waals surface area (Å²) in [7, 11) is 0. The van der Waals surface area contributed by atoms with Gasteiger partial charge in [0.2, 0.25) is 0 Å². The highest BCUT2D eigenvalue weighted by Gasteiger charge is 2.08. The molecule has 0 radical (unpaired) electrons. The Hall–Kier alpha value is -3.06. The first-order valence-corrected chi connectivity index (χ1v) is 8.44. The van der Waals surface area contributed by atoms with Crippen molar-refractivity contribution in [3.05, 3.63) is 77.5 Å². The van der Waals surface area contributed by atoms with Crippen molar-refractivity contribution >= 4 is 11.6 Å². The molecule has 4 nitrogen and oxygen atoms in total. The van der Waals surface area contributed by atoms with E-state index in [1.807, 2.05) is 55.5 Å². The highest BCUT2D eigenvalue weighted by molar-refractivity contribution is 6.06. The predicted molar refractivity (Wildman–Crippen MR) is 101 cm³/mol. The molecule has 2 aromatic carbocycles. The van der Waals surface area contributed by atoms with Crippen molar-refractivity contribution < 1.29 is 4.79 Å². The van der Waals surface area contributed by atoms with Crippen LogP contribution in [0.3, 0.4) is 0 Å². The van der Waals surface area contributed by atoms with Crippen LogP contribution in [0.4, 0.5) is 5.69 Å². The number of benzene rings is 2. The molecular weight excluding hydrogens is 310 g/mol. The van der Waals surface area contributed by atoms with Gasteiger partial charge in [0.1, 0.15) is 11.6 Å². The van der Waals surface area contributed by atoms with Crippen LogP contribution in [-0.4, -0.2) is 12.5 Å². The first kappa shape index (κ1) is 18.3. The molecule has 0 aromatic heterocycles. The van der Waals surface area contributed by atoms with E-state index in [1.54, 1.807) is 0 Å². The molecule has 0 fully saturated rings. The van der Waals surface area contributed by atoms with E-state index in [1.165, 1.54) is 11.8 Å². The molecule has 0 spiro atoms. The largest absolute Gasteiger partial charge is 0.390 e. The summed E-state index contributed by atoms with van der Waals surface area (Å²) < 4.78 is 0. The molecule has 0 unspecified atom stereocenters. The maximum absolute atomic E-state index is 12.1. The maximum Gasteiger partial charge on any atom is 0.267 e. The topological polar surface area (TPSA) is 64.9 Å². The number of aryl methyl sites for hydroxylation is 2. The molecule has 0 saturated heterocycles. The molecule has 2 N–H and O–H groups in total. The number of hydrogen-bond donors (Lipinski definition) is 2. The van der Waals surface area contributed by atoms with Gasteiger partial charge in [0.25, 0.3) is 5.91 Å². The van der Waals surface area contributed by atoms with Crippen LogP contribution in [0.1, 0.15) is 24.0 Å². The third kappa shape index (κ3) is 6.52. The lowest BCUT2D eigenvalue weighted by Crippen LogP contribution is -2.17. The molecule has 4 heteroatoms. The number of hydrogen-bond acceptors (Lipinski definition) is 3. The Morgan fingerprint density at radius 3 is 2.48 bits per heavy atom. The predicted octanol–water partition coefficient (Wildman–Crippen LogP) is 3.95. The minimum atomic E-state index is -0.400. The SMILES string of the molecule is Cc1ccc(NC(=O)/C(C#N)=C\NCCCCc2ccccc2)cc1.